The van der Waals surface area contributed by atoms with Gasteiger partial charge in [0.15, 0.2) is 6.10 Å². The standard InChI is InChI=1S/C35H46ClN3O4/c1-23(2)42-33(40)32(43-34(4,5)6)30-24(3)37-22-28(31(30)39-17-15-35(7,8)16-18-39)29-13-12-27(21-38-29)41-19-14-25-10-9-11-26(36)20-25/h9-13,20-23,32H,14-19H2,1-8H3. The van der Waals surface area contributed by atoms with Crippen molar-refractivity contribution in [1.29, 1.82) is 0 Å². The van der Waals surface area contributed by atoms with Crippen molar-refractivity contribution in [3.63, 3.8) is 0 Å². The van der Waals surface area contributed by atoms with Gasteiger partial charge in [-0.3, -0.25) is 9.97 Å². The van der Waals surface area contributed by atoms with Gasteiger partial charge in [-0.15, -0.1) is 0 Å². The molecule has 43 heavy (non-hydrogen) atoms. The molecule has 0 aliphatic carbocycles. The number of halogens is 1. The molecule has 0 radical (unpaired) electrons. The second kappa shape index (κ2) is 13.6. The van der Waals surface area contributed by atoms with Gasteiger partial charge < -0.3 is 19.1 Å². The third kappa shape index (κ3) is 8.93. The fourth-order valence-corrected chi connectivity index (χ4v) is 5.48. The van der Waals surface area contributed by atoms with Crippen LogP contribution in [0.15, 0.2) is 48.8 Å². The van der Waals surface area contributed by atoms with Crippen molar-refractivity contribution in [2.75, 3.05) is 24.6 Å². The van der Waals surface area contributed by atoms with Gasteiger partial charge in [0, 0.05) is 47.6 Å². The number of rotatable bonds is 10. The quantitative estimate of drug-likeness (QED) is 0.215. The van der Waals surface area contributed by atoms with Crippen LogP contribution in [-0.2, 0) is 20.7 Å². The van der Waals surface area contributed by atoms with Crippen LogP contribution in [0.5, 0.6) is 5.75 Å². The Hall–Kier alpha value is -3.16. The highest BCUT2D eigenvalue weighted by atomic mass is 35.5. The number of ether oxygens (including phenoxy) is 3. The van der Waals surface area contributed by atoms with Gasteiger partial charge in [-0.05, 0) is 89.6 Å². The summed E-state index contributed by atoms with van der Waals surface area (Å²) in [6.07, 6.45) is 5.19. The molecule has 4 rings (SSSR count). The molecule has 3 aromatic rings. The van der Waals surface area contributed by atoms with Gasteiger partial charge in [0.1, 0.15) is 5.75 Å². The second-order valence-corrected chi connectivity index (χ2v) is 13.8. The molecular formula is C35H46ClN3O4. The summed E-state index contributed by atoms with van der Waals surface area (Å²) in [5, 5.41) is 0.718. The number of nitrogens with zero attached hydrogens (tertiary/aromatic N) is 3. The van der Waals surface area contributed by atoms with E-state index in [0.29, 0.717) is 12.4 Å². The number of carbonyl (C=O) groups is 1. The molecule has 232 valence electrons. The Morgan fingerprint density at radius 3 is 2.40 bits per heavy atom. The highest BCUT2D eigenvalue weighted by Crippen LogP contribution is 2.43. The molecular weight excluding hydrogens is 562 g/mol. The Balaban J connectivity index is 1.71. The van der Waals surface area contributed by atoms with Crippen LogP contribution >= 0.6 is 11.6 Å². The maximum absolute atomic E-state index is 13.6. The first kappa shape index (κ1) is 32.7. The monoisotopic (exact) mass is 607 g/mol. The van der Waals surface area contributed by atoms with Crippen LogP contribution in [-0.4, -0.2) is 47.3 Å². The smallest absolute Gasteiger partial charge is 0.340 e. The highest BCUT2D eigenvalue weighted by Gasteiger charge is 2.37. The fourth-order valence-electron chi connectivity index (χ4n) is 5.26. The molecule has 1 aromatic carbocycles. The van der Waals surface area contributed by atoms with Crippen LogP contribution in [0.1, 0.15) is 84.2 Å². The minimum Gasteiger partial charge on any atom is -0.492 e. The van der Waals surface area contributed by atoms with E-state index in [1.54, 1.807) is 6.20 Å². The SMILES string of the molecule is Cc1ncc(-c2ccc(OCCc3cccc(Cl)c3)cn2)c(N2CCC(C)(C)CC2)c1C(OC(C)(C)C)C(=O)OC(C)C. The fraction of sp³-hybridized carbons (Fsp3) is 0.514. The van der Waals surface area contributed by atoms with E-state index in [-0.39, 0.29) is 11.5 Å². The molecule has 0 spiro atoms. The molecule has 7 nitrogen and oxygen atoms in total. The molecule has 1 fully saturated rings. The van der Waals surface area contributed by atoms with Crippen LogP contribution in [0.25, 0.3) is 11.3 Å². The first-order valence-corrected chi connectivity index (χ1v) is 15.6. The first-order valence-electron chi connectivity index (χ1n) is 15.2. The van der Waals surface area contributed by atoms with Crippen molar-refractivity contribution in [1.82, 2.24) is 9.97 Å². The van der Waals surface area contributed by atoms with Crippen molar-refractivity contribution in [2.24, 2.45) is 5.41 Å². The van der Waals surface area contributed by atoms with Gasteiger partial charge in [0.25, 0.3) is 0 Å². The van der Waals surface area contributed by atoms with Gasteiger partial charge >= 0.3 is 5.97 Å². The summed E-state index contributed by atoms with van der Waals surface area (Å²) in [5.41, 5.74) is 4.79. The third-order valence-electron chi connectivity index (χ3n) is 7.58. The number of benzene rings is 1. The van der Waals surface area contributed by atoms with Crippen LogP contribution in [0, 0.1) is 12.3 Å². The molecule has 3 heterocycles. The molecule has 1 aliphatic rings. The number of hydrogen-bond donors (Lipinski definition) is 0. The number of carbonyl (C=O) groups excluding carboxylic acids is 1. The minimum atomic E-state index is -0.936. The summed E-state index contributed by atoms with van der Waals surface area (Å²) >= 11 is 6.12. The molecule has 1 saturated heterocycles. The lowest BCUT2D eigenvalue weighted by molar-refractivity contribution is -0.171. The number of piperidine rings is 1. The summed E-state index contributed by atoms with van der Waals surface area (Å²) in [7, 11) is 0. The maximum Gasteiger partial charge on any atom is 0.340 e. The van der Waals surface area contributed by atoms with Gasteiger partial charge in [0.05, 0.1) is 35.9 Å². The lowest BCUT2D eigenvalue weighted by Crippen LogP contribution is -2.39. The molecule has 2 aromatic heterocycles. The van der Waals surface area contributed by atoms with E-state index < -0.39 is 17.7 Å². The average Bonchev–Trinajstić information content (AvgIpc) is 2.91. The van der Waals surface area contributed by atoms with Gasteiger partial charge in [-0.1, -0.05) is 37.6 Å². The highest BCUT2D eigenvalue weighted by molar-refractivity contribution is 6.30. The van der Waals surface area contributed by atoms with Crippen molar-refractivity contribution in [3.05, 3.63) is 70.6 Å². The normalized spacial score (nSPS) is 15.8. The Kier molecular flexibility index (Phi) is 10.4. The van der Waals surface area contributed by atoms with Crippen LogP contribution in [0.4, 0.5) is 5.69 Å². The number of pyridine rings is 2. The molecule has 8 heteroatoms. The van der Waals surface area contributed by atoms with Crippen molar-refractivity contribution in [3.8, 4) is 17.0 Å². The maximum atomic E-state index is 13.6. The van der Waals surface area contributed by atoms with Crippen molar-refractivity contribution in [2.45, 2.75) is 92.5 Å². The zero-order valence-corrected chi connectivity index (χ0v) is 27.6. The van der Waals surface area contributed by atoms with E-state index in [1.807, 2.05) is 84.1 Å². The zero-order chi connectivity index (χ0) is 31.4. The molecule has 1 aliphatic heterocycles. The van der Waals surface area contributed by atoms with Crippen LogP contribution < -0.4 is 9.64 Å². The number of aromatic nitrogens is 2. The van der Waals surface area contributed by atoms with Crippen molar-refractivity contribution < 1.29 is 19.0 Å². The average molecular weight is 608 g/mol. The molecule has 0 amide bonds. The lowest BCUT2D eigenvalue weighted by atomic mass is 9.82. The Bertz CT molecular complexity index is 1390. The minimum absolute atomic E-state index is 0.249. The number of hydrogen-bond acceptors (Lipinski definition) is 7. The van der Waals surface area contributed by atoms with E-state index in [9.17, 15) is 4.79 Å². The Morgan fingerprint density at radius 2 is 1.79 bits per heavy atom. The van der Waals surface area contributed by atoms with E-state index >= 15 is 0 Å². The summed E-state index contributed by atoms with van der Waals surface area (Å²) in [6.45, 7) is 18.3. The molecule has 1 atom stereocenters. The summed E-state index contributed by atoms with van der Waals surface area (Å²) in [5.74, 6) is 0.267. The lowest BCUT2D eigenvalue weighted by Gasteiger charge is -2.41. The second-order valence-electron chi connectivity index (χ2n) is 13.4. The summed E-state index contributed by atoms with van der Waals surface area (Å²) in [4.78, 5) is 25.5. The largest absolute Gasteiger partial charge is 0.492 e. The summed E-state index contributed by atoms with van der Waals surface area (Å²) < 4.78 is 18.2. The first-order chi connectivity index (χ1) is 20.2. The Labute approximate surface area is 261 Å². The van der Waals surface area contributed by atoms with Crippen molar-refractivity contribution >= 4 is 23.3 Å². The van der Waals surface area contributed by atoms with E-state index in [1.165, 1.54) is 0 Å². The number of aryl methyl sites for hydroxylation is 1. The molecule has 0 bridgehead atoms. The number of esters is 1. The van der Waals surface area contributed by atoms with Crippen LogP contribution in [0.2, 0.25) is 5.02 Å². The van der Waals surface area contributed by atoms with Gasteiger partial charge in [-0.25, -0.2) is 4.79 Å². The molecule has 1 unspecified atom stereocenters. The topological polar surface area (TPSA) is 73.8 Å². The van der Waals surface area contributed by atoms with Gasteiger partial charge in [-0.2, -0.15) is 0 Å². The van der Waals surface area contributed by atoms with E-state index in [4.69, 9.17) is 35.8 Å². The predicted octanol–water partition coefficient (Wildman–Crippen LogP) is 8.16. The zero-order valence-electron chi connectivity index (χ0n) is 26.9. The Morgan fingerprint density at radius 1 is 1.07 bits per heavy atom. The number of anilines is 1. The predicted molar refractivity (Wildman–Crippen MR) is 173 cm³/mol. The van der Waals surface area contributed by atoms with Crippen LogP contribution in [0.3, 0.4) is 0 Å². The molecule has 0 saturated carbocycles. The molecule has 0 N–H and O–H groups in total. The van der Waals surface area contributed by atoms with E-state index in [0.717, 1.165) is 71.1 Å². The van der Waals surface area contributed by atoms with Gasteiger partial charge in [0.2, 0.25) is 0 Å². The van der Waals surface area contributed by atoms with E-state index in [2.05, 4.69) is 18.7 Å². The third-order valence-corrected chi connectivity index (χ3v) is 7.82. The summed E-state index contributed by atoms with van der Waals surface area (Å²) in [6, 6.07) is 11.7.